The zero-order valence-corrected chi connectivity index (χ0v) is 8.52. The molecule has 5 nitrogen and oxygen atoms in total. The predicted octanol–water partition coefficient (Wildman–Crippen LogP) is 1.52. The van der Waals surface area contributed by atoms with Gasteiger partial charge in [-0.2, -0.15) is 15.4 Å². The van der Waals surface area contributed by atoms with Crippen molar-refractivity contribution in [2.45, 2.75) is 20.0 Å². The summed E-state index contributed by atoms with van der Waals surface area (Å²) in [6.07, 6.45) is -0.139. The lowest BCUT2D eigenvalue weighted by atomic mass is 10.2. The zero-order chi connectivity index (χ0) is 10.8. The Balaban J connectivity index is 2.42. The standard InChI is InChI=1S/C10H11N3O2/c1-6(2)15-10(14)7-4-3-5-8-9(7)12-13-11-8/h3-6H,1-2H3,(H,11,12,13). The van der Waals surface area contributed by atoms with E-state index in [1.54, 1.807) is 32.0 Å². The number of aromatic amines is 1. The molecule has 2 rings (SSSR count). The summed E-state index contributed by atoms with van der Waals surface area (Å²) < 4.78 is 5.09. The molecule has 0 bridgehead atoms. The van der Waals surface area contributed by atoms with Crippen molar-refractivity contribution in [2.75, 3.05) is 0 Å². The number of benzene rings is 1. The molecule has 0 fully saturated rings. The number of nitrogens with zero attached hydrogens (tertiary/aromatic N) is 2. The summed E-state index contributed by atoms with van der Waals surface area (Å²) in [7, 11) is 0. The van der Waals surface area contributed by atoms with E-state index in [1.165, 1.54) is 0 Å². The monoisotopic (exact) mass is 205 g/mol. The van der Waals surface area contributed by atoms with Gasteiger partial charge in [0.25, 0.3) is 0 Å². The Morgan fingerprint density at radius 2 is 2.20 bits per heavy atom. The number of aromatic nitrogens is 3. The van der Waals surface area contributed by atoms with E-state index in [0.29, 0.717) is 16.6 Å². The number of esters is 1. The van der Waals surface area contributed by atoms with Crippen LogP contribution in [0.5, 0.6) is 0 Å². The first-order valence-corrected chi connectivity index (χ1v) is 4.69. The fourth-order valence-corrected chi connectivity index (χ4v) is 1.31. The molecule has 0 amide bonds. The first-order chi connectivity index (χ1) is 7.18. The van der Waals surface area contributed by atoms with Gasteiger partial charge >= 0.3 is 5.97 Å². The normalized spacial score (nSPS) is 10.9. The molecular weight excluding hydrogens is 194 g/mol. The molecule has 1 aromatic heterocycles. The Hall–Kier alpha value is -1.91. The van der Waals surface area contributed by atoms with Crippen LogP contribution in [0.15, 0.2) is 18.2 Å². The molecule has 78 valence electrons. The average molecular weight is 205 g/mol. The average Bonchev–Trinajstić information content (AvgIpc) is 2.63. The van der Waals surface area contributed by atoms with E-state index < -0.39 is 0 Å². The molecule has 0 radical (unpaired) electrons. The van der Waals surface area contributed by atoms with Crippen LogP contribution < -0.4 is 0 Å². The van der Waals surface area contributed by atoms with Gasteiger partial charge in [-0.05, 0) is 26.0 Å². The van der Waals surface area contributed by atoms with Gasteiger partial charge in [-0.1, -0.05) is 6.07 Å². The Bertz CT molecular complexity index is 490. The minimum absolute atomic E-state index is 0.139. The van der Waals surface area contributed by atoms with Crippen LogP contribution in [-0.4, -0.2) is 27.5 Å². The van der Waals surface area contributed by atoms with Crippen LogP contribution in [0, 0.1) is 0 Å². The van der Waals surface area contributed by atoms with Crippen LogP contribution in [0.1, 0.15) is 24.2 Å². The first-order valence-electron chi connectivity index (χ1n) is 4.69. The Morgan fingerprint density at radius 1 is 1.40 bits per heavy atom. The summed E-state index contributed by atoms with van der Waals surface area (Å²) in [6.45, 7) is 3.61. The van der Waals surface area contributed by atoms with Crippen LogP contribution in [0.2, 0.25) is 0 Å². The van der Waals surface area contributed by atoms with Crippen LogP contribution in [0.25, 0.3) is 11.0 Å². The highest BCUT2D eigenvalue weighted by Gasteiger charge is 2.14. The van der Waals surface area contributed by atoms with Crippen molar-refractivity contribution in [3.8, 4) is 0 Å². The van der Waals surface area contributed by atoms with E-state index >= 15 is 0 Å². The maximum atomic E-state index is 11.7. The van der Waals surface area contributed by atoms with Crippen molar-refractivity contribution in [2.24, 2.45) is 0 Å². The number of nitrogens with one attached hydrogen (secondary N) is 1. The lowest BCUT2D eigenvalue weighted by Gasteiger charge is -2.07. The molecule has 15 heavy (non-hydrogen) atoms. The van der Waals surface area contributed by atoms with E-state index in [2.05, 4.69) is 15.4 Å². The van der Waals surface area contributed by atoms with Crippen LogP contribution in [-0.2, 0) is 4.74 Å². The van der Waals surface area contributed by atoms with Gasteiger partial charge in [0, 0.05) is 0 Å². The second-order valence-electron chi connectivity index (χ2n) is 3.45. The van der Waals surface area contributed by atoms with Crippen molar-refractivity contribution < 1.29 is 9.53 Å². The predicted molar refractivity (Wildman–Crippen MR) is 54.4 cm³/mol. The number of para-hydroxylation sites is 1. The number of fused-ring (bicyclic) bond motifs is 1. The molecule has 0 spiro atoms. The van der Waals surface area contributed by atoms with Gasteiger partial charge in [-0.3, -0.25) is 0 Å². The van der Waals surface area contributed by atoms with Crippen LogP contribution >= 0.6 is 0 Å². The number of hydrogen-bond donors (Lipinski definition) is 1. The topological polar surface area (TPSA) is 67.9 Å². The SMILES string of the molecule is CC(C)OC(=O)c1cccc2n[nH]nc12. The molecule has 0 atom stereocenters. The van der Waals surface area contributed by atoms with E-state index in [-0.39, 0.29) is 12.1 Å². The third kappa shape index (κ3) is 1.81. The summed E-state index contributed by atoms with van der Waals surface area (Å²) in [5.41, 5.74) is 1.64. The van der Waals surface area contributed by atoms with E-state index in [0.717, 1.165) is 0 Å². The fraction of sp³-hybridized carbons (Fsp3) is 0.300. The summed E-state index contributed by atoms with van der Waals surface area (Å²) >= 11 is 0. The maximum absolute atomic E-state index is 11.7. The van der Waals surface area contributed by atoms with Gasteiger partial charge in [-0.15, -0.1) is 0 Å². The summed E-state index contributed by atoms with van der Waals surface area (Å²) in [5.74, 6) is -0.371. The second kappa shape index (κ2) is 3.68. The maximum Gasteiger partial charge on any atom is 0.340 e. The molecule has 0 saturated carbocycles. The van der Waals surface area contributed by atoms with Gasteiger partial charge in [-0.25, -0.2) is 4.79 Å². The Morgan fingerprint density at radius 3 is 2.93 bits per heavy atom. The molecule has 0 saturated heterocycles. The van der Waals surface area contributed by atoms with E-state index in [4.69, 9.17) is 4.74 Å². The Kier molecular flexibility index (Phi) is 2.37. The van der Waals surface area contributed by atoms with Crippen LogP contribution in [0.4, 0.5) is 0 Å². The minimum Gasteiger partial charge on any atom is -0.459 e. The lowest BCUT2D eigenvalue weighted by molar-refractivity contribution is 0.0380. The molecule has 5 heteroatoms. The molecule has 2 aromatic rings. The largest absolute Gasteiger partial charge is 0.459 e. The third-order valence-electron chi connectivity index (χ3n) is 1.91. The highest BCUT2D eigenvalue weighted by atomic mass is 16.5. The van der Waals surface area contributed by atoms with Crippen molar-refractivity contribution in [1.82, 2.24) is 15.4 Å². The summed E-state index contributed by atoms with van der Waals surface area (Å²) in [5, 5.41) is 10.3. The third-order valence-corrected chi connectivity index (χ3v) is 1.91. The van der Waals surface area contributed by atoms with Gasteiger partial charge in [0.2, 0.25) is 0 Å². The van der Waals surface area contributed by atoms with Crippen molar-refractivity contribution >= 4 is 17.0 Å². The highest BCUT2D eigenvalue weighted by Crippen LogP contribution is 2.15. The number of hydrogen-bond acceptors (Lipinski definition) is 4. The van der Waals surface area contributed by atoms with E-state index in [9.17, 15) is 4.79 Å². The highest BCUT2D eigenvalue weighted by molar-refractivity contribution is 6.01. The smallest absolute Gasteiger partial charge is 0.340 e. The molecule has 1 heterocycles. The molecule has 0 aliphatic rings. The Labute approximate surface area is 86.4 Å². The fourth-order valence-electron chi connectivity index (χ4n) is 1.31. The van der Waals surface area contributed by atoms with Crippen molar-refractivity contribution in [1.29, 1.82) is 0 Å². The minimum atomic E-state index is -0.371. The van der Waals surface area contributed by atoms with Crippen LogP contribution in [0.3, 0.4) is 0 Å². The molecule has 0 aliphatic heterocycles. The number of ether oxygens (including phenoxy) is 1. The number of carbonyl (C=O) groups is 1. The quantitative estimate of drug-likeness (QED) is 0.755. The molecule has 1 N–H and O–H groups in total. The summed E-state index contributed by atoms with van der Waals surface area (Å²) in [4.78, 5) is 11.7. The zero-order valence-electron chi connectivity index (χ0n) is 8.52. The van der Waals surface area contributed by atoms with Gasteiger partial charge < -0.3 is 4.74 Å². The van der Waals surface area contributed by atoms with Gasteiger partial charge in [0.05, 0.1) is 11.7 Å². The number of rotatable bonds is 2. The van der Waals surface area contributed by atoms with E-state index in [1.807, 2.05) is 0 Å². The van der Waals surface area contributed by atoms with Crippen molar-refractivity contribution in [3.63, 3.8) is 0 Å². The number of carbonyl (C=O) groups excluding carboxylic acids is 1. The molecule has 1 aromatic carbocycles. The lowest BCUT2D eigenvalue weighted by Crippen LogP contribution is -2.11. The van der Waals surface area contributed by atoms with Gasteiger partial charge in [0.1, 0.15) is 11.0 Å². The molecule has 0 unspecified atom stereocenters. The van der Waals surface area contributed by atoms with Crippen molar-refractivity contribution in [3.05, 3.63) is 23.8 Å². The van der Waals surface area contributed by atoms with Gasteiger partial charge in [0.15, 0.2) is 0 Å². The molecule has 0 aliphatic carbocycles. The number of H-pyrrole nitrogens is 1. The second-order valence-corrected chi connectivity index (χ2v) is 3.45. The summed E-state index contributed by atoms with van der Waals surface area (Å²) in [6, 6.07) is 5.21. The first kappa shape index (κ1) is 9.64. The molecular formula is C10H11N3O2.